The van der Waals surface area contributed by atoms with Gasteiger partial charge in [-0.2, -0.15) is 0 Å². The summed E-state index contributed by atoms with van der Waals surface area (Å²) in [6.45, 7) is -0.283. The molecule has 1 amide bonds. The maximum atomic E-state index is 13.8. The van der Waals surface area contributed by atoms with E-state index in [1.165, 1.54) is 23.1 Å². The van der Waals surface area contributed by atoms with Crippen LogP contribution in [0.4, 0.5) is 4.39 Å². The first-order chi connectivity index (χ1) is 12.5. The average molecular weight is 418 g/mol. The predicted molar refractivity (Wildman–Crippen MR) is 96.5 cm³/mol. The van der Waals surface area contributed by atoms with Crippen molar-refractivity contribution >= 4 is 32.8 Å². The number of nitrogens with zero attached hydrogens (tertiary/aromatic N) is 1. The maximum absolute atomic E-state index is 13.8. The summed E-state index contributed by atoms with van der Waals surface area (Å²) in [5, 5.41) is 9.69. The zero-order valence-corrected chi connectivity index (χ0v) is 15.0. The molecule has 2 heterocycles. The molecule has 0 unspecified atom stereocenters. The Kier molecular flexibility index (Phi) is 4.13. The van der Waals surface area contributed by atoms with E-state index in [0.29, 0.717) is 21.0 Å². The van der Waals surface area contributed by atoms with Gasteiger partial charge in [0.05, 0.1) is 23.6 Å². The molecular formula is C19H13BrFNO4. The molecule has 1 N–H and O–H groups in total. The zero-order valence-electron chi connectivity index (χ0n) is 13.4. The van der Waals surface area contributed by atoms with Crippen molar-refractivity contribution in [1.29, 1.82) is 0 Å². The summed E-state index contributed by atoms with van der Waals surface area (Å²) in [6, 6.07) is 9.88. The van der Waals surface area contributed by atoms with Crippen LogP contribution in [0.15, 0.2) is 56.1 Å². The van der Waals surface area contributed by atoms with Gasteiger partial charge in [-0.25, -0.2) is 4.39 Å². The highest BCUT2D eigenvalue weighted by Crippen LogP contribution is 2.38. The summed E-state index contributed by atoms with van der Waals surface area (Å²) in [5.74, 6) is -1.03. The lowest BCUT2D eigenvalue weighted by Gasteiger charge is -2.24. The SMILES string of the molecule is O=C1c2oc3ccc(Br)cc3c(=O)c2[C@@H](c2cccc(F)c2)N1CCO. The first-order valence-electron chi connectivity index (χ1n) is 7.95. The van der Waals surface area contributed by atoms with Gasteiger partial charge < -0.3 is 14.4 Å². The minimum Gasteiger partial charge on any atom is -0.450 e. The van der Waals surface area contributed by atoms with Crippen LogP contribution in [0.3, 0.4) is 0 Å². The van der Waals surface area contributed by atoms with E-state index in [9.17, 15) is 19.1 Å². The normalized spacial score (nSPS) is 16.3. The lowest BCUT2D eigenvalue weighted by Crippen LogP contribution is -2.32. The number of hydrogen-bond acceptors (Lipinski definition) is 4. The minimum absolute atomic E-state index is 0.00366. The summed E-state index contributed by atoms with van der Waals surface area (Å²) in [6.07, 6.45) is 0. The molecule has 5 nitrogen and oxygen atoms in total. The Bertz CT molecular complexity index is 1090. The lowest BCUT2D eigenvalue weighted by atomic mass is 9.98. The van der Waals surface area contributed by atoms with E-state index >= 15 is 0 Å². The monoisotopic (exact) mass is 417 g/mol. The fourth-order valence-electron chi connectivity index (χ4n) is 3.35. The molecule has 1 aliphatic heterocycles. The Hall–Kier alpha value is -2.51. The van der Waals surface area contributed by atoms with E-state index in [1.807, 2.05) is 0 Å². The average Bonchev–Trinajstić information content (AvgIpc) is 2.89. The molecule has 0 saturated heterocycles. The molecule has 3 aromatic rings. The van der Waals surface area contributed by atoms with Crippen LogP contribution < -0.4 is 5.43 Å². The molecule has 0 spiro atoms. The van der Waals surface area contributed by atoms with Crippen molar-refractivity contribution in [1.82, 2.24) is 4.90 Å². The fraction of sp³-hybridized carbons (Fsp3) is 0.158. The second-order valence-electron chi connectivity index (χ2n) is 5.99. The van der Waals surface area contributed by atoms with E-state index in [4.69, 9.17) is 4.42 Å². The number of carbonyl (C=O) groups excluding carboxylic acids is 1. The van der Waals surface area contributed by atoms with Gasteiger partial charge in [0.25, 0.3) is 5.91 Å². The number of amides is 1. The molecule has 0 aliphatic carbocycles. The molecule has 7 heteroatoms. The number of β-amino-alcohol motifs (C(OH)–C–C–N with tert-alkyl or cyclic N) is 1. The van der Waals surface area contributed by atoms with Crippen LogP contribution in [0.2, 0.25) is 0 Å². The summed E-state index contributed by atoms with van der Waals surface area (Å²) in [5.41, 5.74) is 0.576. The van der Waals surface area contributed by atoms with Crippen LogP contribution in [0.1, 0.15) is 27.7 Å². The molecule has 0 fully saturated rings. The third-order valence-corrected chi connectivity index (χ3v) is 4.93. The second-order valence-corrected chi connectivity index (χ2v) is 6.91. The first kappa shape index (κ1) is 16.9. The number of aliphatic hydroxyl groups is 1. The summed E-state index contributed by atoms with van der Waals surface area (Å²) in [7, 11) is 0. The molecule has 0 bridgehead atoms. The lowest BCUT2D eigenvalue weighted by molar-refractivity contribution is 0.0691. The van der Waals surface area contributed by atoms with E-state index in [-0.39, 0.29) is 29.9 Å². The Morgan fingerprint density at radius 3 is 2.73 bits per heavy atom. The number of benzene rings is 2. The number of hydrogen-bond donors (Lipinski definition) is 1. The molecule has 1 aliphatic rings. The van der Waals surface area contributed by atoms with Crippen LogP contribution in [0, 0.1) is 5.82 Å². The second kappa shape index (κ2) is 6.34. The quantitative estimate of drug-likeness (QED) is 0.709. The number of fused-ring (bicyclic) bond motifs is 2. The summed E-state index contributed by atoms with van der Waals surface area (Å²) < 4.78 is 20.2. The largest absolute Gasteiger partial charge is 0.450 e. The van der Waals surface area contributed by atoms with E-state index in [1.54, 1.807) is 24.3 Å². The molecule has 0 radical (unpaired) electrons. The number of rotatable bonds is 3. The van der Waals surface area contributed by atoms with E-state index < -0.39 is 17.8 Å². The molecule has 0 saturated carbocycles. The van der Waals surface area contributed by atoms with Crippen molar-refractivity contribution in [2.24, 2.45) is 0 Å². The maximum Gasteiger partial charge on any atom is 0.290 e. The molecule has 4 rings (SSSR count). The van der Waals surface area contributed by atoms with Gasteiger partial charge in [0.2, 0.25) is 5.76 Å². The number of aliphatic hydroxyl groups excluding tert-OH is 1. The van der Waals surface area contributed by atoms with Crippen molar-refractivity contribution in [2.45, 2.75) is 6.04 Å². The van der Waals surface area contributed by atoms with Crippen molar-refractivity contribution in [3.05, 3.63) is 79.9 Å². The smallest absolute Gasteiger partial charge is 0.290 e. The minimum atomic E-state index is -0.806. The van der Waals surface area contributed by atoms with Gasteiger partial charge in [-0.1, -0.05) is 28.1 Å². The summed E-state index contributed by atoms with van der Waals surface area (Å²) in [4.78, 5) is 27.2. The van der Waals surface area contributed by atoms with Crippen LogP contribution >= 0.6 is 15.9 Å². The van der Waals surface area contributed by atoms with Crippen LogP contribution in [-0.2, 0) is 0 Å². The Morgan fingerprint density at radius 1 is 1.19 bits per heavy atom. The molecule has 26 heavy (non-hydrogen) atoms. The zero-order chi connectivity index (χ0) is 18.4. The van der Waals surface area contributed by atoms with Crippen LogP contribution in [0.5, 0.6) is 0 Å². The van der Waals surface area contributed by atoms with E-state index in [2.05, 4.69) is 15.9 Å². The Morgan fingerprint density at radius 2 is 2.00 bits per heavy atom. The predicted octanol–water partition coefficient (Wildman–Crippen LogP) is 3.23. The molecule has 132 valence electrons. The highest BCUT2D eigenvalue weighted by Gasteiger charge is 2.42. The topological polar surface area (TPSA) is 70.8 Å². The van der Waals surface area contributed by atoms with Gasteiger partial charge in [-0.05, 0) is 35.9 Å². The first-order valence-corrected chi connectivity index (χ1v) is 8.74. The highest BCUT2D eigenvalue weighted by molar-refractivity contribution is 9.10. The van der Waals surface area contributed by atoms with Gasteiger partial charge in [0.1, 0.15) is 11.4 Å². The molecular weight excluding hydrogens is 405 g/mol. The molecule has 1 aromatic heterocycles. The molecule has 2 aromatic carbocycles. The third kappa shape index (κ3) is 2.55. The summed E-state index contributed by atoms with van der Waals surface area (Å²) >= 11 is 3.32. The standard InChI is InChI=1S/C19H13BrFNO4/c20-11-4-5-14-13(9-11)17(24)15-16(10-2-1-3-12(21)8-10)22(6-7-23)19(25)18(15)26-14/h1-5,8-9,16,23H,6-7H2/t16-/m1/s1. The Balaban J connectivity index is 2.03. The third-order valence-electron chi connectivity index (χ3n) is 4.43. The molecule has 1 atom stereocenters. The van der Waals surface area contributed by atoms with Crippen LogP contribution in [0.25, 0.3) is 11.0 Å². The fourth-order valence-corrected chi connectivity index (χ4v) is 3.72. The van der Waals surface area contributed by atoms with Crippen molar-refractivity contribution in [3.63, 3.8) is 0 Å². The van der Waals surface area contributed by atoms with E-state index in [0.717, 1.165) is 0 Å². The van der Waals surface area contributed by atoms with Crippen molar-refractivity contribution in [3.8, 4) is 0 Å². The van der Waals surface area contributed by atoms with Gasteiger partial charge in [-0.3, -0.25) is 9.59 Å². The van der Waals surface area contributed by atoms with Crippen molar-refractivity contribution < 1.29 is 18.7 Å². The van der Waals surface area contributed by atoms with Gasteiger partial charge in [0, 0.05) is 11.0 Å². The van der Waals surface area contributed by atoms with Crippen molar-refractivity contribution in [2.75, 3.05) is 13.2 Å². The Labute approximate surface area is 155 Å². The number of halogens is 2. The highest BCUT2D eigenvalue weighted by atomic mass is 79.9. The van der Waals surface area contributed by atoms with Gasteiger partial charge in [-0.15, -0.1) is 0 Å². The number of carbonyl (C=O) groups is 1. The van der Waals surface area contributed by atoms with Gasteiger partial charge in [0.15, 0.2) is 5.43 Å². The van der Waals surface area contributed by atoms with Gasteiger partial charge >= 0.3 is 0 Å². The van der Waals surface area contributed by atoms with Crippen LogP contribution in [-0.4, -0.2) is 29.1 Å².